The number of thiophene rings is 3. The fraction of sp³-hybridized carbons (Fsp3) is 0. The van der Waals surface area contributed by atoms with Crippen molar-refractivity contribution in [1.29, 1.82) is 0 Å². The van der Waals surface area contributed by atoms with Gasteiger partial charge in [-0.25, -0.2) is 4.39 Å². The number of rotatable bonds is 2. The van der Waals surface area contributed by atoms with Crippen LogP contribution in [0.3, 0.4) is 0 Å². The zero-order valence-electron chi connectivity index (χ0n) is 8.14. The summed E-state index contributed by atoms with van der Waals surface area (Å²) in [4.78, 5) is 2.75. The molecule has 3 rings (SSSR count). The van der Waals surface area contributed by atoms with Crippen molar-refractivity contribution in [3.05, 3.63) is 46.2 Å². The lowest BCUT2D eigenvalue weighted by Gasteiger charge is -1.94. The first kappa shape index (κ1) is 10.2. The topological polar surface area (TPSA) is 0 Å². The summed E-state index contributed by atoms with van der Waals surface area (Å²) in [7, 11) is 0. The van der Waals surface area contributed by atoms with E-state index >= 15 is 0 Å². The maximum Gasteiger partial charge on any atom is 0.151 e. The van der Waals surface area contributed by atoms with Crippen LogP contribution in [0.1, 0.15) is 0 Å². The molecule has 0 saturated carbocycles. The summed E-state index contributed by atoms with van der Waals surface area (Å²) in [5.41, 5.74) is 0.725. The third-order valence-electron chi connectivity index (χ3n) is 2.26. The van der Waals surface area contributed by atoms with E-state index in [-0.39, 0.29) is 5.82 Å². The second-order valence-electron chi connectivity index (χ2n) is 3.25. The van der Waals surface area contributed by atoms with E-state index < -0.39 is 0 Å². The van der Waals surface area contributed by atoms with Gasteiger partial charge >= 0.3 is 0 Å². The highest BCUT2D eigenvalue weighted by Gasteiger charge is 2.15. The minimum absolute atomic E-state index is 0.0881. The highest BCUT2D eigenvalue weighted by molar-refractivity contribution is 7.21. The highest BCUT2D eigenvalue weighted by Crippen LogP contribution is 2.39. The smallest absolute Gasteiger partial charge is 0.151 e. The van der Waals surface area contributed by atoms with Crippen molar-refractivity contribution in [2.24, 2.45) is 0 Å². The molecule has 3 aromatic rings. The molecule has 80 valence electrons. The predicted octanol–water partition coefficient (Wildman–Crippen LogP) is 5.34. The Balaban J connectivity index is 2.12. The van der Waals surface area contributed by atoms with Crippen LogP contribution >= 0.6 is 34.0 Å². The summed E-state index contributed by atoms with van der Waals surface area (Å²) in [6.45, 7) is 0. The van der Waals surface area contributed by atoms with Crippen molar-refractivity contribution in [3.8, 4) is 20.2 Å². The summed E-state index contributed by atoms with van der Waals surface area (Å²) in [6, 6.07) is 7.80. The molecular weight excluding hydrogens is 259 g/mol. The van der Waals surface area contributed by atoms with Crippen LogP contribution in [0.5, 0.6) is 0 Å². The molecule has 0 atom stereocenters. The Bertz CT molecular complexity index is 524. The summed E-state index contributed by atoms with van der Waals surface area (Å²) < 4.78 is 14.2. The molecule has 0 fully saturated rings. The first-order chi connectivity index (χ1) is 7.86. The summed E-state index contributed by atoms with van der Waals surface area (Å²) >= 11 is 4.62. The standard InChI is InChI=1S/C12H7FS3/c13-11-8(9-3-1-5-14-9)7-16-12(11)10-4-2-6-15-10/h1-7H. The first-order valence-corrected chi connectivity index (χ1v) is 7.35. The number of hydrogen-bond acceptors (Lipinski definition) is 3. The van der Waals surface area contributed by atoms with Crippen molar-refractivity contribution >= 4 is 34.0 Å². The monoisotopic (exact) mass is 266 g/mol. The summed E-state index contributed by atoms with van der Waals surface area (Å²) in [6.07, 6.45) is 0. The van der Waals surface area contributed by atoms with Crippen molar-refractivity contribution in [2.45, 2.75) is 0 Å². The Labute approximate surface area is 105 Å². The normalized spacial score (nSPS) is 10.8. The van der Waals surface area contributed by atoms with Crippen LogP contribution in [-0.4, -0.2) is 0 Å². The second-order valence-corrected chi connectivity index (χ2v) is 6.02. The summed E-state index contributed by atoms with van der Waals surface area (Å²) in [5.74, 6) is -0.0881. The quantitative estimate of drug-likeness (QED) is 0.587. The Morgan fingerprint density at radius 3 is 2.19 bits per heavy atom. The van der Waals surface area contributed by atoms with Gasteiger partial charge in [0.2, 0.25) is 0 Å². The lowest BCUT2D eigenvalue weighted by atomic mass is 10.2. The van der Waals surface area contributed by atoms with Gasteiger partial charge < -0.3 is 0 Å². The molecule has 0 unspecified atom stereocenters. The molecule has 0 bridgehead atoms. The Morgan fingerprint density at radius 1 is 0.875 bits per heavy atom. The second kappa shape index (κ2) is 4.13. The summed E-state index contributed by atoms with van der Waals surface area (Å²) in [5, 5.41) is 5.84. The van der Waals surface area contributed by atoms with Gasteiger partial charge in [0.05, 0.1) is 4.88 Å². The largest absolute Gasteiger partial charge is 0.205 e. The Morgan fingerprint density at radius 2 is 1.56 bits per heavy atom. The van der Waals surface area contributed by atoms with E-state index in [4.69, 9.17) is 0 Å². The number of hydrogen-bond donors (Lipinski definition) is 0. The number of halogens is 1. The van der Waals surface area contributed by atoms with Crippen LogP contribution in [-0.2, 0) is 0 Å². The highest BCUT2D eigenvalue weighted by atomic mass is 32.1. The average molecular weight is 266 g/mol. The van der Waals surface area contributed by atoms with Gasteiger partial charge in [-0.1, -0.05) is 12.1 Å². The lowest BCUT2D eigenvalue weighted by Crippen LogP contribution is -1.75. The predicted molar refractivity (Wildman–Crippen MR) is 70.9 cm³/mol. The minimum atomic E-state index is -0.0881. The van der Waals surface area contributed by atoms with Crippen molar-refractivity contribution < 1.29 is 4.39 Å². The molecule has 0 aliphatic carbocycles. The zero-order valence-corrected chi connectivity index (χ0v) is 10.6. The molecule has 4 heteroatoms. The van der Waals surface area contributed by atoms with Gasteiger partial charge in [0.1, 0.15) is 0 Å². The maximum atomic E-state index is 14.2. The van der Waals surface area contributed by atoms with E-state index in [1.165, 1.54) is 11.3 Å². The average Bonchev–Trinajstić information content (AvgIpc) is 2.96. The SMILES string of the molecule is Fc1c(-c2cccs2)csc1-c1cccs1. The van der Waals surface area contributed by atoms with Gasteiger partial charge in [0.25, 0.3) is 0 Å². The molecule has 0 aliphatic heterocycles. The van der Waals surface area contributed by atoms with Crippen LogP contribution in [0.15, 0.2) is 40.4 Å². The van der Waals surface area contributed by atoms with E-state index in [1.807, 2.05) is 40.4 Å². The van der Waals surface area contributed by atoms with E-state index in [0.717, 1.165) is 20.2 Å². The molecule has 3 heterocycles. The van der Waals surface area contributed by atoms with Crippen LogP contribution in [0.2, 0.25) is 0 Å². The van der Waals surface area contributed by atoms with Gasteiger partial charge in [-0.2, -0.15) is 0 Å². The van der Waals surface area contributed by atoms with Crippen LogP contribution in [0, 0.1) is 5.82 Å². The fourth-order valence-corrected chi connectivity index (χ4v) is 4.14. The van der Waals surface area contributed by atoms with Crippen molar-refractivity contribution in [1.82, 2.24) is 0 Å². The molecular formula is C12H7FS3. The molecule has 0 aromatic carbocycles. The Hall–Kier alpha value is -0.970. The van der Waals surface area contributed by atoms with Crippen molar-refractivity contribution in [2.75, 3.05) is 0 Å². The maximum absolute atomic E-state index is 14.2. The van der Waals surface area contributed by atoms with E-state index in [0.29, 0.717) is 0 Å². The van der Waals surface area contributed by atoms with Crippen LogP contribution in [0.25, 0.3) is 20.2 Å². The van der Waals surface area contributed by atoms with Gasteiger partial charge in [0, 0.05) is 20.7 Å². The van der Waals surface area contributed by atoms with Gasteiger partial charge in [-0.05, 0) is 22.9 Å². The molecule has 0 aliphatic rings. The first-order valence-electron chi connectivity index (χ1n) is 4.71. The molecule has 0 amide bonds. The van der Waals surface area contributed by atoms with Gasteiger partial charge in [0.15, 0.2) is 5.82 Å². The lowest BCUT2D eigenvalue weighted by molar-refractivity contribution is 0.640. The van der Waals surface area contributed by atoms with Gasteiger partial charge in [-0.15, -0.1) is 34.0 Å². The minimum Gasteiger partial charge on any atom is -0.205 e. The zero-order chi connectivity index (χ0) is 11.0. The molecule has 16 heavy (non-hydrogen) atoms. The fourth-order valence-electron chi connectivity index (χ4n) is 1.52. The van der Waals surface area contributed by atoms with E-state index in [1.54, 1.807) is 22.7 Å². The van der Waals surface area contributed by atoms with E-state index in [2.05, 4.69) is 0 Å². The van der Waals surface area contributed by atoms with Crippen molar-refractivity contribution in [3.63, 3.8) is 0 Å². The van der Waals surface area contributed by atoms with E-state index in [9.17, 15) is 4.39 Å². The van der Waals surface area contributed by atoms with Crippen LogP contribution in [0.4, 0.5) is 4.39 Å². The third-order valence-corrected chi connectivity index (χ3v) is 5.17. The Kier molecular flexibility index (Phi) is 2.63. The molecule has 0 N–H and O–H groups in total. The molecule has 0 nitrogen and oxygen atoms in total. The van der Waals surface area contributed by atoms with Crippen LogP contribution < -0.4 is 0 Å². The van der Waals surface area contributed by atoms with Gasteiger partial charge in [-0.3, -0.25) is 0 Å². The molecule has 0 saturated heterocycles. The molecule has 3 aromatic heterocycles. The third kappa shape index (κ3) is 1.63. The molecule has 0 radical (unpaired) electrons. The molecule has 0 spiro atoms.